The minimum atomic E-state index is 0.180. The van der Waals surface area contributed by atoms with Gasteiger partial charge in [-0.1, -0.05) is 26.7 Å². The minimum absolute atomic E-state index is 0.180. The zero-order valence-corrected chi connectivity index (χ0v) is 10.6. The van der Waals surface area contributed by atoms with Crippen LogP contribution >= 0.6 is 0 Å². The normalized spacial score (nSPS) is 20.0. The largest absolute Gasteiger partial charge is 0.325 e. The van der Waals surface area contributed by atoms with Crippen LogP contribution in [-0.4, -0.2) is 30.1 Å². The highest BCUT2D eigenvalue weighted by atomic mass is 15.1. The van der Waals surface area contributed by atoms with Gasteiger partial charge >= 0.3 is 0 Å². The monoisotopic (exact) mass is 212 g/mol. The number of hydrogen-bond donors (Lipinski definition) is 1. The van der Waals surface area contributed by atoms with E-state index < -0.39 is 0 Å². The second kappa shape index (κ2) is 6.49. The van der Waals surface area contributed by atoms with Crippen molar-refractivity contribution in [3.63, 3.8) is 0 Å². The van der Waals surface area contributed by atoms with Crippen LogP contribution in [-0.2, 0) is 0 Å². The van der Waals surface area contributed by atoms with E-state index in [-0.39, 0.29) is 5.54 Å². The Morgan fingerprint density at radius 2 is 1.53 bits per heavy atom. The maximum absolute atomic E-state index is 6.37. The highest BCUT2D eigenvalue weighted by Gasteiger charge is 2.29. The first-order valence-corrected chi connectivity index (χ1v) is 6.71. The number of nitrogens with zero attached hydrogens (tertiary/aromatic N) is 1. The van der Waals surface area contributed by atoms with Crippen LogP contribution in [0.25, 0.3) is 0 Å². The first kappa shape index (κ1) is 13.0. The van der Waals surface area contributed by atoms with Crippen LogP contribution in [0.3, 0.4) is 0 Å². The third-order valence-corrected chi connectivity index (χ3v) is 3.60. The van der Waals surface area contributed by atoms with E-state index in [0.717, 1.165) is 0 Å². The SMILES string of the molecule is CCCN(CCC)CCC1(N)CCCC1. The zero-order chi connectivity index (χ0) is 11.1. The third-order valence-electron chi connectivity index (χ3n) is 3.60. The molecule has 2 heteroatoms. The van der Waals surface area contributed by atoms with E-state index in [1.54, 1.807) is 0 Å². The van der Waals surface area contributed by atoms with Gasteiger partial charge in [0.25, 0.3) is 0 Å². The molecule has 0 bridgehead atoms. The van der Waals surface area contributed by atoms with Crippen LogP contribution in [0.4, 0.5) is 0 Å². The first-order chi connectivity index (χ1) is 7.20. The van der Waals surface area contributed by atoms with Crippen molar-refractivity contribution in [2.24, 2.45) is 5.73 Å². The summed E-state index contributed by atoms with van der Waals surface area (Å²) in [7, 11) is 0. The highest BCUT2D eigenvalue weighted by molar-refractivity contribution is 4.89. The van der Waals surface area contributed by atoms with Gasteiger partial charge in [0.2, 0.25) is 0 Å². The average molecular weight is 212 g/mol. The minimum Gasteiger partial charge on any atom is -0.325 e. The lowest BCUT2D eigenvalue weighted by molar-refractivity contribution is 0.239. The molecule has 15 heavy (non-hydrogen) atoms. The molecule has 0 aliphatic heterocycles. The van der Waals surface area contributed by atoms with E-state index in [2.05, 4.69) is 18.7 Å². The van der Waals surface area contributed by atoms with Gasteiger partial charge in [-0.2, -0.15) is 0 Å². The molecule has 1 aliphatic rings. The van der Waals surface area contributed by atoms with Crippen molar-refractivity contribution in [2.45, 2.75) is 64.3 Å². The van der Waals surface area contributed by atoms with E-state index in [0.29, 0.717) is 0 Å². The smallest absolute Gasteiger partial charge is 0.0166 e. The molecule has 0 aromatic rings. The molecule has 0 radical (unpaired) electrons. The molecule has 2 nitrogen and oxygen atoms in total. The Morgan fingerprint density at radius 1 is 1.00 bits per heavy atom. The summed E-state index contributed by atoms with van der Waals surface area (Å²) in [6.07, 6.45) is 8.91. The van der Waals surface area contributed by atoms with Crippen molar-refractivity contribution in [1.82, 2.24) is 4.90 Å². The summed E-state index contributed by atoms with van der Waals surface area (Å²) in [5.41, 5.74) is 6.55. The molecule has 2 N–H and O–H groups in total. The van der Waals surface area contributed by atoms with Gasteiger partial charge in [-0.25, -0.2) is 0 Å². The summed E-state index contributed by atoms with van der Waals surface area (Å²) in [5.74, 6) is 0. The van der Waals surface area contributed by atoms with Gasteiger partial charge in [0.1, 0.15) is 0 Å². The molecule has 0 spiro atoms. The average Bonchev–Trinajstić information content (AvgIpc) is 2.63. The van der Waals surface area contributed by atoms with Gasteiger partial charge in [0.05, 0.1) is 0 Å². The highest BCUT2D eigenvalue weighted by Crippen LogP contribution is 2.30. The van der Waals surface area contributed by atoms with Crippen LogP contribution in [0.1, 0.15) is 58.8 Å². The van der Waals surface area contributed by atoms with Crippen LogP contribution in [0, 0.1) is 0 Å². The zero-order valence-electron chi connectivity index (χ0n) is 10.6. The summed E-state index contributed by atoms with van der Waals surface area (Å²) < 4.78 is 0. The van der Waals surface area contributed by atoms with Gasteiger partial charge < -0.3 is 10.6 Å². The topological polar surface area (TPSA) is 29.3 Å². The lowest BCUT2D eigenvalue weighted by Crippen LogP contribution is -2.40. The van der Waals surface area contributed by atoms with Crippen molar-refractivity contribution in [3.8, 4) is 0 Å². The lowest BCUT2D eigenvalue weighted by atomic mass is 9.94. The summed E-state index contributed by atoms with van der Waals surface area (Å²) in [4.78, 5) is 2.58. The molecule has 90 valence electrons. The van der Waals surface area contributed by atoms with E-state index in [9.17, 15) is 0 Å². The summed E-state index contributed by atoms with van der Waals surface area (Å²) in [6, 6.07) is 0. The fourth-order valence-electron chi connectivity index (χ4n) is 2.68. The van der Waals surface area contributed by atoms with E-state index in [1.807, 2.05) is 0 Å². The molecular formula is C13H28N2. The van der Waals surface area contributed by atoms with Crippen LogP contribution in [0.5, 0.6) is 0 Å². The van der Waals surface area contributed by atoms with Gasteiger partial charge in [0, 0.05) is 5.54 Å². The van der Waals surface area contributed by atoms with Gasteiger partial charge in [-0.15, -0.1) is 0 Å². The van der Waals surface area contributed by atoms with Crippen LogP contribution < -0.4 is 5.73 Å². The number of rotatable bonds is 7. The standard InChI is InChI=1S/C13H28N2/c1-3-10-15(11-4-2)12-9-13(14)7-5-6-8-13/h3-12,14H2,1-2H3. The Kier molecular flexibility index (Phi) is 5.62. The Hall–Kier alpha value is -0.0800. The van der Waals surface area contributed by atoms with Crippen molar-refractivity contribution in [3.05, 3.63) is 0 Å². The number of hydrogen-bond acceptors (Lipinski definition) is 2. The maximum atomic E-state index is 6.37. The molecule has 1 fully saturated rings. The van der Waals surface area contributed by atoms with Gasteiger partial charge in [-0.3, -0.25) is 0 Å². The third kappa shape index (κ3) is 4.52. The lowest BCUT2D eigenvalue weighted by Gasteiger charge is -2.28. The fourth-order valence-corrected chi connectivity index (χ4v) is 2.68. The summed E-state index contributed by atoms with van der Waals surface area (Å²) in [5, 5.41) is 0. The quantitative estimate of drug-likeness (QED) is 0.703. The Morgan fingerprint density at radius 3 is 2.00 bits per heavy atom. The second-order valence-corrected chi connectivity index (χ2v) is 5.16. The Balaban J connectivity index is 2.25. The molecule has 0 atom stereocenters. The molecule has 0 aromatic heterocycles. The maximum Gasteiger partial charge on any atom is 0.0166 e. The van der Waals surface area contributed by atoms with Gasteiger partial charge in [-0.05, 0) is 51.7 Å². The summed E-state index contributed by atoms with van der Waals surface area (Å²) >= 11 is 0. The molecule has 0 saturated heterocycles. The summed E-state index contributed by atoms with van der Waals surface area (Å²) in [6.45, 7) is 8.21. The molecule has 0 heterocycles. The molecule has 1 saturated carbocycles. The predicted molar refractivity (Wildman–Crippen MR) is 67.0 cm³/mol. The molecule has 1 rings (SSSR count). The molecule has 0 unspecified atom stereocenters. The van der Waals surface area contributed by atoms with Gasteiger partial charge in [0.15, 0.2) is 0 Å². The van der Waals surface area contributed by atoms with Crippen molar-refractivity contribution in [2.75, 3.05) is 19.6 Å². The molecule has 1 aliphatic carbocycles. The first-order valence-electron chi connectivity index (χ1n) is 6.71. The van der Waals surface area contributed by atoms with E-state index >= 15 is 0 Å². The van der Waals surface area contributed by atoms with Crippen molar-refractivity contribution >= 4 is 0 Å². The van der Waals surface area contributed by atoms with Crippen molar-refractivity contribution in [1.29, 1.82) is 0 Å². The molecule has 0 aromatic carbocycles. The molecular weight excluding hydrogens is 184 g/mol. The van der Waals surface area contributed by atoms with E-state index in [1.165, 1.54) is 64.6 Å². The second-order valence-electron chi connectivity index (χ2n) is 5.16. The molecule has 0 amide bonds. The van der Waals surface area contributed by atoms with E-state index in [4.69, 9.17) is 5.73 Å². The van der Waals surface area contributed by atoms with Crippen LogP contribution in [0.15, 0.2) is 0 Å². The fraction of sp³-hybridized carbons (Fsp3) is 1.00. The number of nitrogens with two attached hydrogens (primary N) is 1. The Labute approximate surface area is 95.2 Å². The van der Waals surface area contributed by atoms with Crippen molar-refractivity contribution < 1.29 is 0 Å². The van der Waals surface area contributed by atoms with Crippen LogP contribution in [0.2, 0.25) is 0 Å². The predicted octanol–water partition coefficient (Wildman–Crippen LogP) is 2.77. The Bertz CT molecular complexity index is 156.